The van der Waals surface area contributed by atoms with Crippen LogP contribution in [0.25, 0.3) is 0 Å². The quantitative estimate of drug-likeness (QED) is 0.522. The van der Waals surface area contributed by atoms with Crippen molar-refractivity contribution in [1.82, 2.24) is 0 Å². The Morgan fingerprint density at radius 2 is 1.83 bits per heavy atom. The van der Waals surface area contributed by atoms with Crippen molar-refractivity contribution in [1.29, 1.82) is 0 Å². The van der Waals surface area contributed by atoms with Crippen LogP contribution in [0.2, 0.25) is 0 Å². The van der Waals surface area contributed by atoms with E-state index in [1.54, 1.807) is 24.3 Å². The molecule has 0 N–H and O–H groups in total. The molecule has 0 amide bonds. The minimum Gasteiger partial charge on any atom is -0.497 e. The van der Waals surface area contributed by atoms with Gasteiger partial charge in [-0.1, -0.05) is 12.1 Å². The molecule has 0 bridgehead atoms. The smallest absolute Gasteiger partial charge is 0.497 e. The van der Waals surface area contributed by atoms with Crippen LogP contribution >= 0.6 is 0 Å². The van der Waals surface area contributed by atoms with E-state index in [2.05, 4.69) is 9.47 Å². The summed E-state index contributed by atoms with van der Waals surface area (Å²) in [7, 11) is 3.90. The van der Waals surface area contributed by atoms with Gasteiger partial charge >= 0.3 is 18.1 Å². The highest BCUT2D eigenvalue weighted by molar-refractivity contribution is 5.78. The number of rotatable bonds is 8. The number of methoxy groups -OCH3 is 3. The summed E-state index contributed by atoms with van der Waals surface area (Å²) in [6.07, 6.45) is -2.45. The number of ether oxygens (including phenoxy) is 5. The van der Waals surface area contributed by atoms with Crippen molar-refractivity contribution in [2.24, 2.45) is 0 Å². The van der Waals surface area contributed by atoms with Gasteiger partial charge in [0.2, 0.25) is 6.10 Å². The predicted molar refractivity (Wildman–Crippen MR) is 81.3 cm³/mol. The van der Waals surface area contributed by atoms with Gasteiger partial charge in [0.1, 0.15) is 12.4 Å². The summed E-state index contributed by atoms with van der Waals surface area (Å²) in [5, 5.41) is 0. The lowest BCUT2D eigenvalue weighted by atomic mass is 10.2. The van der Waals surface area contributed by atoms with E-state index in [-0.39, 0.29) is 19.4 Å². The average molecular weight is 340 g/mol. The van der Waals surface area contributed by atoms with Crippen molar-refractivity contribution < 1.29 is 38.1 Å². The van der Waals surface area contributed by atoms with Gasteiger partial charge in [0.05, 0.1) is 21.3 Å². The van der Waals surface area contributed by atoms with Gasteiger partial charge < -0.3 is 23.7 Å². The maximum atomic E-state index is 11.7. The Kier molecular flexibility index (Phi) is 8.10. The highest BCUT2D eigenvalue weighted by Gasteiger charge is 2.25. The molecule has 0 radical (unpaired) electrons. The van der Waals surface area contributed by atoms with Crippen molar-refractivity contribution >= 4 is 18.1 Å². The lowest BCUT2D eigenvalue weighted by molar-refractivity contribution is -0.153. The molecular weight excluding hydrogens is 320 g/mol. The molecule has 1 unspecified atom stereocenters. The molecule has 0 fully saturated rings. The van der Waals surface area contributed by atoms with Crippen molar-refractivity contribution in [3.05, 3.63) is 29.8 Å². The predicted octanol–water partition coefficient (Wildman–Crippen LogP) is 1.84. The third-order valence-corrected chi connectivity index (χ3v) is 3.03. The minimum absolute atomic E-state index is 0.0546. The van der Waals surface area contributed by atoms with Gasteiger partial charge in [-0.3, -0.25) is 4.79 Å². The summed E-state index contributed by atoms with van der Waals surface area (Å²) in [5.74, 6) is -0.690. The molecule has 0 saturated carbocycles. The van der Waals surface area contributed by atoms with E-state index < -0.39 is 24.2 Å². The molecule has 0 aliphatic heterocycles. The number of carbonyl (C=O) groups is 3. The molecule has 0 saturated heterocycles. The van der Waals surface area contributed by atoms with Crippen LogP contribution < -0.4 is 4.74 Å². The summed E-state index contributed by atoms with van der Waals surface area (Å²) < 4.78 is 23.9. The number of esters is 2. The SMILES string of the molecule is COC(=O)CCC(OC(=O)OCc1cccc(OC)c1)C(=O)OC. The zero-order chi connectivity index (χ0) is 17.9. The molecule has 0 heterocycles. The summed E-state index contributed by atoms with van der Waals surface area (Å²) in [6, 6.07) is 6.94. The first-order valence-corrected chi connectivity index (χ1v) is 7.11. The maximum Gasteiger partial charge on any atom is 0.509 e. The van der Waals surface area contributed by atoms with Gasteiger partial charge in [-0.2, -0.15) is 0 Å². The van der Waals surface area contributed by atoms with Crippen LogP contribution in [-0.4, -0.2) is 45.5 Å². The summed E-state index contributed by atoms with van der Waals surface area (Å²) in [5.41, 5.74) is 0.690. The Morgan fingerprint density at radius 3 is 2.46 bits per heavy atom. The molecule has 132 valence electrons. The van der Waals surface area contributed by atoms with E-state index in [0.717, 1.165) is 7.11 Å². The summed E-state index contributed by atoms with van der Waals surface area (Å²) in [4.78, 5) is 34.4. The molecule has 0 aromatic heterocycles. The Labute approximate surface area is 139 Å². The number of hydrogen-bond donors (Lipinski definition) is 0. The van der Waals surface area contributed by atoms with E-state index in [4.69, 9.17) is 14.2 Å². The molecule has 24 heavy (non-hydrogen) atoms. The molecule has 1 atom stereocenters. The first-order chi connectivity index (χ1) is 11.5. The molecule has 1 rings (SSSR count). The van der Waals surface area contributed by atoms with Crippen LogP contribution in [0.5, 0.6) is 5.75 Å². The van der Waals surface area contributed by atoms with Gasteiger partial charge in [-0.15, -0.1) is 0 Å². The second-order valence-corrected chi connectivity index (χ2v) is 4.63. The molecule has 0 aliphatic rings. The first kappa shape index (κ1) is 19.3. The summed E-state index contributed by atoms with van der Waals surface area (Å²) in [6.45, 7) is -0.0546. The van der Waals surface area contributed by atoms with E-state index in [1.807, 2.05) is 0 Å². The first-order valence-electron chi connectivity index (χ1n) is 7.11. The van der Waals surface area contributed by atoms with Crippen LogP contribution in [0.3, 0.4) is 0 Å². The third kappa shape index (κ3) is 6.55. The number of benzene rings is 1. The van der Waals surface area contributed by atoms with E-state index in [9.17, 15) is 14.4 Å². The Bertz CT molecular complexity index is 569. The zero-order valence-electron chi connectivity index (χ0n) is 13.8. The third-order valence-electron chi connectivity index (χ3n) is 3.03. The lowest BCUT2D eigenvalue weighted by Crippen LogP contribution is -2.29. The van der Waals surface area contributed by atoms with Crippen molar-refractivity contribution in [2.75, 3.05) is 21.3 Å². The van der Waals surface area contributed by atoms with Crippen LogP contribution in [0.15, 0.2) is 24.3 Å². The van der Waals surface area contributed by atoms with E-state index >= 15 is 0 Å². The fourth-order valence-corrected chi connectivity index (χ4v) is 1.76. The van der Waals surface area contributed by atoms with Crippen LogP contribution in [0.1, 0.15) is 18.4 Å². The second kappa shape index (κ2) is 10.1. The second-order valence-electron chi connectivity index (χ2n) is 4.63. The Hall–Kier alpha value is -2.77. The number of carbonyl (C=O) groups excluding carboxylic acids is 3. The molecule has 1 aromatic rings. The highest BCUT2D eigenvalue weighted by Crippen LogP contribution is 2.14. The highest BCUT2D eigenvalue weighted by atomic mass is 16.7. The lowest BCUT2D eigenvalue weighted by Gasteiger charge is -2.15. The number of hydrogen-bond acceptors (Lipinski definition) is 8. The average Bonchev–Trinajstić information content (AvgIpc) is 2.62. The van der Waals surface area contributed by atoms with Crippen molar-refractivity contribution in [2.45, 2.75) is 25.6 Å². The normalized spacial score (nSPS) is 11.1. The fraction of sp³-hybridized carbons (Fsp3) is 0.438. The van der Waals surface area contributed by atoms with Crippen molar-refractivity contribution in [3.8, 4) is 5.75 Å². The van der Waals surface area contributed by atoms with Gasteiger partial charge in [0.25, 0.3) is 0 Å². The van der Waals surface area contributed by atoms with Gasteiger partial charge in [-0.25, -0.2) is 9.59 Å². The van der Waals surface area contributed by atoms with Gasteiger partial charge in [0.15, 0.2) is 0 Å². The van der Waals surface area contributed by atoms with Crippen molar-refractivity contribution in [3.63, 3.8) is 0 Å². The summed E-state index contributed by atoms with van der Waals surface area (Å²) >= 11 is 0. The topological polar surface area (TPSA) is 97.4 Å². The van der Waals surface area contributed by atoms with Gasteiger partial charge in [-0.05, 0) is 17.7 Å². The van der Waals surface area contributed by atoms with E-state index in [1.165, 1.54) is 14.2 Å². The Morgan fingerprint density at radius 1 is 1.08 bits per heavy atom. The maximum absolute atomic E-state index is 11.7. The van der Waals surface area contributed by atoms with Crippen LogP contribution in [-0.2, 0) is 35.1 Å². The molecule has 0 aliphatic carbocycles. The fourth-order valence-electron chi connectivity index (χ4n) is 1.76. The molecule has 8 heteroatoms. The molecule has 1 aromatic carbocycles. The van der Waals surface area contributed by atoms with Gasteiger partial charge in [0, 0.05) is 12.8 Å². The largest absolute Gasteiger partial charge is 0.509 e. The molecule has 8 nitrogen and oxygen atoms in total. The standard InChI is InChI=1S/C16H20O8/c1-20-12-6-4-5-11(9-12)10-23-16(19)24-13(15(18)22-3)7-8-14(17)21-2/h4-6,9,13H,7-8,10H2,1-3H3. The Balaban J connectivity index is 2.54. The minimum atomic E-state index is -1.24. The van der Waals surface area contributed by atoms with Crippen LogP contribution in [0.4, 0.5) is 4.79 Å². The molecular formula is C16H20O8. The van der Waals surface area contributed by atoms with E-state index in [0.29, 0.717) is 11.3 Å². The molecule has 0 spiro atoms. The zero-order valence-corrected chi connectivity index (χ0v) is 13.8. The monoisotopic (exact) mass is 340 g/mol. The van der Waals surface area contributed by atoms with Crippen LogP contribution in [0, 0.1) is 0 Å².